The maximum atomic E-state index is 12.7. The lowest BCUT2D eigenvalue weighted by Crippen LogP contribution is -2.17. The molecule has 1 aromatic carbocycles. The summed E-state index contributed by atoms with van der Waals surface area (Å²) < 4.78 is 38.0. The van der Waals surface area contributed by atoms with Crippen LogP contribution in [0.2, 0.25) is 0 Å². The highest BCUT2D eigenvalue weighted by atomic mass is 19.4. The van der Waals surface area contributed by atoms with Gasteiger partial charge in [0, 0.05) is 12.2 Å². The first kappa shape index (κ1) is 9.07. The molecule has 1 aromatic rings. The van der Waals surface area contributed by atoms with E-state index in [0.29, 0.717) is 24.1 Å². The summed E-state index contributed by atoms with van der Waals surface area (Å²) in [7, 11) is 0. The van der Waals surface area contributed by atoms with Gasteiger partial charge in [0.25, 0.3) is 0 Å². The molecule has 0 amide bonds. The number of fused-ring (bicyclic) bond motifs is 3. The number of nitrogens with one attached hydrogen (secondary N) is 1. The molecule has 1 aliphatic heterocycles. The van der Waals surface area contributed by atoms with Gasteiger partial charge in [-0.15, -0.1) is 0 Å². The Morgan fingerprint density at radius 1 is 1.27 bits per heavy atom. The van der Waals surface area contributed by atoms with E-state index in [4.69, 9.17) is 0 Å². The smallest absolute Gasteiger partial charge is 0.384 e. The van der Waals surface area contributed by atoms with Crippen LogP contribution in [0.4, 0.5) is 18.9 Å². The summed E-state index contributed by atoms with van der Waals surface area (Å²) in [4.78, 5) is 0. The number of hydrogen-bond acceptors (Lipinski definition) is 1. The van der Waals surface area contributed by atoms with Gasteiger partial charge < -0.3 is 5.32 Å². The molecule has 1 saturated carbocycles. The number of rotatable bonds is 0. The number of alkyl halides is 3. The van der Waals surface area contributed by atoms with E-state index in [1.807, 2.05) is 0 Å². The third-order valence-corrected chi connectivity index (χ3v) is 3.27. The van der Waals surface area contributed by atoms with Crippen molar-refractivity contribution >= 4 is 5.69 Å². The fourth-order valence-corrected chi connectivity index (χ4v) is 2.40. The van der Waals surface area contributed by atoms with Gasteiger partial charge in [-0.3, -0.25) is 0 Å². The van der Waals surface area contributed by atoms with Crippen molar-refractivity contribution in [2.75, 3.05) is 11.9 Å². The zero-order valence-corrected chi connectivity index (χ0v) is 7.93. The first-order valence-corrected chi connectivity index (χ1v) is 5.01. The third-order valence-electron chi connectivity index (χ3n) is 3.27. The quantitative estimate of drug-likeness (QED) is 0.697. The minimum absolute atomic E-state index is 0.309. The molecule has 15 heavy (non-hydrogen) atoms. The van der Waals surface area contributed by atoms with E-state index in [-0.39, 0.29) is 0 Å². The molecule has 2 unspecified atom stereocenters. The maximum Gasteiger partial charge on any atom is 0.418 e. The van der Waals surface area contributed by atoms with Crippen molar-refractivity contribution in [3.05, 3.63) is 29.3 Å². The number of hydrogen-bond donors (Lipinski definition) is 1. The van der Waals surface area contributed by atoms with E-state index in [1.54, 1.807) is 6.07 Å². The van der Waals surface area contributed by atoms with Crippen LogP contribution in [0.25, 0.3) is 0 Å². The second kappa shape index (κ2) is 2.68. The Bertz CT molecular complexity index is 411. The van der Waals surface area contributed by atoms with Crippen molar-refractivity contribution in [1.82, 2.24) is 0 Å². The number of halogens is 3. The van der Waals surface area contributed by atoms with Crippen LogP contribution in [0.3, 0.4) is 0 Å². The first-order chi connectivity index (χ1) is 7.07. The van der Waals surface area contributed by atoms with Crippen LogP contribution in [0.1, 0.15) is 23.5 Å². The van der Waals surface area contributed by atoms with Crippen molar-refractivity contribution in [2.24, 2.45) is 5.92 Å². The van der Waals surface area contributed by atoms with Crippen LogP contribution in [0, 0.1) is 5.92 Å². The van der Waals surface area contributed by atoms with E-state index in [0.717, 1.165) is 18.1 Å². The van der Waals surface area contributed by atoms with Gasteiger partial charge >= 0.3 is 6.18 Å². The van der Waals surface area contributed by atoms with Gasteiger partial charge in [0.05, 0.1) is 5.56 Å². The predicted octanol–water partition coefficient (Wildman–Crippen LogP) is 3.23. The molecule has 1 aliphatic carbocycles. The molecular formula is C11H10F3N. The van der Waals surface area contributed by atoms with Gasteiger partial charge in [-0.2, -0.15) is 13.2 Å². The molecule has 1 fully saturated rings. The first-order valence-electron chi connectivity index (χ1n) is 5.01. The Balaban J connectivity index is 2.13. The topological polar surface area (TPSA) is 12.0 Å². The summed E-state index contributed by atoms with van der Waals surface area (Å²) in [5, 5.41) is 2.91. The monoisotopic (exact) mass is 213 g/mol. The summed E-state index contributed by atoms with van der Waals surface area (Å²) in [6.07, 6.45) is -3.22. The molecule has 3 rings (SSSR count). The van der Waals surface area contributed by atoms with Crippen molar-refractivity contribution in [1.29, 1.82) is 0 Å². The fraction of sp³-hybridized carbons (Fsp3) is 0.455. The number of para-hydroxylation sites is 1. The van der Waals surface area contributed by atoms with Crippen LogP contribution < -0.4 is 5.32 Å². The lowest BCUT2D eigenvalue weighted by atomic mass is 9.99. The van der Waals surface area contributed by atoms with E-state index in [9.17, 15) is 13.2 Å². The normalized spacial score (nSPS) is 27.7. The lowest BCUT2D eigenvalue weighted by Gasteiger charge is -2.21. The van der Waals surface area contributed by atoms with Crippen molar-refractivity contribution < 1.29 is 13.2 Å². The van der Waals surface area contributed by atoms with Crippen LogP contribution in [-0.4, -0.2) is 6.54 Å². The Morgan fingerprint density at radius 3 is 2.80 bits per heavy atom. The summed E-state index contributed by atoms with van der Waals surface area (Å²) >= 11 is 0. The zero-order chi connectivity index (χ0) is 10.6. The van der Waals surface area contributed by atoms with Gasteiger partial charge in [-0.25, -0.2) is 0 Å². The average Bonchev–Trinajstić information content (AvgIpc) is 2.94. The van der Waals surface area contributed by atoms with Crippen molar-refractivity contribution in [3.8, 4) is 0 Å². The molecule has 1 N–H and O–H groups in total. The van der Waals surface area contributed by atoms with Crippen molar-refractivity contribution in [3.63, 3.8) is 0 Å². The molecule has 0 bridgehead atoms. The molecule has 2 aliphatic rings. The zero-order valence-electron chi connectivity index (χ0n) is 7.93. The summed E-state index contributed by atoms with van der Waals surface area (Å²) in [6, 6.07) is 4.46. The molecule has 0 spiro atoms. The SMILES string of the molecule is FC(F)(F)c1cccc2c1NCC1CC21. The Hall–Kier alpha value is -1.19. The Labute approximate surface area is 85.3 Å². The average molecular weight is 213 g/mol. The minimum atomic E-state index is -4.25. The van der Waals surface area contributed by atoms with Gasteiger partial charge in [0.1, 0.15) is 0 Å². The van der Waals surface area contributed by atoms with E-state index in [1.165, 1.54) is 6.07 Å². The van der Waals surface area contributed by atoms with E-state index >= 15 is 0 Å². The van der Waals surface area contributed by atoms with E-state index in [2.05, 4.69) is 5.32 Å². The second-order valence-corrected chi connectivity index (χ2v) is 4.25. The van der Waals surface area contributed by atoms with Crippen LogP contribution in [-0.2, 0) is 6.18 Å². The molecule has 1 nitrogen and oxygen atoms in total. The van der Waals surface area contributed by atoms with Crippen LogP contribution in [0.15, 0.2) is 18.2 Å². The van der Waals surface area contributed by atoms with Gasteiger partial charge in [0.2, 0.25) is 0 Å². The van der Waals surface area contributed by atoms with Gasteiger partial charge in [0.15, 0.2) is 0 Å². The molecule has 0 radical (unpaired) electrons. The molecule has 1 heterocycles. The Morgan fingerprint density at radius 2 is 2.07 bits per heavy atom. The lowest BCUT2D eigenvalue weighted by molar-refractivity contribution is -0.137. The minimum Gasteiger partial charge on any atom is -0.384 e. The largest absolute Gasteiger partial charge is 0.418 e. The van der Waals surface area contributed by atoms with Crippen LogP contribution in [0.5, 0.6) is 0 Å². The van der Waals surface area contributed by atoms with Crippen molar-refractivity contribution in [2.45, 2.75) is 18.5 Å². The van der Waals surface area contributed by atoms with Gasteiger partial charge in [-0.1, -0.05) is 12.1 Å². The highest BCUT2D eigenvalue weighted by Crippen LogP contribution is 2.54. The van der Waals surface area contributed by atoms with Gasteiger partial charge in [-0.05, 0) is 29.9 Å². The maximum absolute atomic E-state index is 12.7. The molecular weight excluding hydrogens is 203 g/mol. The summed E-state index contributed by atoms with van der Waals surface area (Å²) in [6.45, 7) is 0.685. The molecule has 0 aromatic heterocycles. The molecule has 80 valence electrons. The second-order valence-electron chi connectivity index (χ2n) is 4.25. The molecule has 2 atom stereocenters. The standard InChI is InChI=1S/C11H10F3N/c12-11(13,14)9-3-1-2-7-8-4-6(8)5-15-10(7)9/h1-3,6,8,15H,4-5H2. The molecule has 0 saturated heterocycles. The summed E-state index contributed by atoms with van der Waals surface area (Å²) in [5.74, 6) is 0.921. The summed E-state index contributed by atoms with van der Waals surface area (Å²) in [5.41, 5.74) is 0.634. The van der Waals surface area contributed by atoms with E-state index < -0.39 is 11.7 Å². The highest BCUT2D eigenvalue weighted by molar-refractivity contribution is 5.63. The Kier molecular flexibility index (Phi) is 1.62. The number of benzene rings is 1. The number of anilines is 1. The highest BCUT2D eigenvalue weighted by Gasteiger charge is 2.45. The fourth-order valence-electron chi connectivity index (χ4n) is 2.40. The van der Waals surface area contributed by atoms with Crippen LogP contribution >= 0.6 is 0 Å². The molecule has 4 heteroatoms. The third kappa shape index (κ3) is 1.31. The predicted molar refractivity (Wildman–Crippen MR) is 50.8 cm³/mol.